The van der Waals surface area contributed by atoms with E-state index in [1.807, 2.05) is 46.9 Å². The Balaban J connectivity index is 2.30. The van der Waals surface area contributed by atoms with Crippen LogP contribution in [-0.2, 0) is 15.9 Å². The Morgan fingerprint density at radius 1 is 1.26 bits per heavy atom. The first-order valence-electron chi connectivity index (χ1n) is 7.89. The highest BCUT2D eigenvalue weighted by molar-refractivity contribution is 6.55. The number of hydrogen-bond acceptors (Lipinski definition) is 4. The molecule has 1 aromatic rings. The molecule has 23 heavy (non-hydrogen) atoms. The third-order valence-corrected chi connectivity index (χ3v) is 4.59. The van der Waals surface area contributed by atoms with Gasteiger partial charge in [0.2, 0.25) is 0 Å². The Morgan fingerprint density at radius 3 is 2.35 bits per heavy atom. The molecular formula is C17H26BFN2O2. The fourth-order valence-electron chi connectivity index (χ4n) is 2.43. The molecule has 0 amide bonds. The number of halogens is 1. The third-order valence-electron chi connectivity index (χ3n) is 4.59. The molecule has 4 nitrogen and oxygen atoms in total. The van der Waals surface area contributed by atoms with Gasteiger partial charge in [0.05, 0.1) is 11.2 Å². The number of likely N-dealkylation sites (N-methyl/N-ethyl adjacent to an activating group) is 1. The number of rotatable bonds is 5. The summed E-state index contributed by atoms with van der Waals surface area (Å²) in [5, 5.41) is 3.11. The molecule has 0 spiro atoms. The molecule has 3 N–H and O–H groups in total. The molecule has 0 radical (unpaired) electrons. The Kier molecular flexibility index (Phi) is 5.31. The molecular weight excluding hydrogens is 294 g/mol. The first kappa shape index (κ1) is 18.1. The summed E-state index contributed by atoms with van der Waals surface area (Å²) in [7, 11) is 1.40. The summed E-state index contributed by atoms with van der Waals surface area (Å²) in [6, 6.07) is 5.05. The summed E-state index contributed by atoms with van der Waals surface area (Å²) in [6.45, 7) is 8.84. The maximum atomic E-state index is 13.9. The van der Waals surface area contributed by atoms with Crippen molar-refractivity contribution in [1.82, 2.24) is 5.32 Å². The van der Waals surface area contributed by atoms with Gasteiger partial charge in [-0.2, -0.15) is 0 Å². The number of nitrogens with two attached hydrogens (primary N) is 1. The second-order valence-corrected chi connectivity index (χ2v) is 6.89. The van der Waals surface area contributed by atoms with Gasteiger partial charge in [-0.05, 0) is 51.8 Å². The summed E-state index contributed by atoms with van der Waals surface area (Å²) < 4.78 is 26.1. The van der Waals surface area contributed by atoms with Crippen LogP contribution < -0.4 is 11.1 Å². The van der Waals surface area contributed by atoms with Crippen LogP contribution in [0.25, 0.3) is 6.08 Å². The monoisotopic (exact) mass is 320 g/mol. The number of benzene rings is 1. The van der Waals surface area contributed by atoms with Crippen molar-refractivity contribution in [1.29, 1.82) is 0 Å². The Hall–Kier alpha value is -1.21. The van der Waals surface area contributed by atoms with Crippen molar-refractivity contribution in [3.63, 3.8) is 0 Å². The molecule has 0 saturated carbocycles. The highest BCUT2D eigenvalue weighted by atomic mass is 19.1. The molecule has 0 aliphatic carbocycles. The molecule has 1 aliphatic heterocycles. The van der Waals surface area contributed by atoms with Crippen LogP contribution in [0.4, 0.5) is 4.39 Å². The fourth-order valence-corrected chi connectivity index (χ4v) is 2.43. The lowest BCUT2D eigenvalue weighted by Crippen LogP contribution is -2.41. The topological polar surface area (TPSA) is 56.5 Å². The summed E-state index contributed by atoms with van der Waals surface area (Å²) in [5.41, 5.74) is 6.89. The molecule has 126 valence electrons. The van der Waals surface area contributed by atoms with Crippen molar-refractivity contribution in [3.8, 4) is 0 Å². The first-order valence-corrected chi connectivity index (χ1v) is 7.89. The lowest BCUT2D eigenvalue weighted by atomic mass is 9.77. The van der Waals surface area contributed by atoms with E-state index in [9.17, 15) is 4.39 Å². The second-order valence-electron chi connectivity index (χ2n) is 6.89. The highest BCUT2D eigenvalue weighted by Gasteiger charge is 2.52. The van der Waals surface area contributed by atoms with Crippen LogP contribution in [0.1, 0.15) is 38.8 Å². The molecule has 0 unspecified atom stereocenters. The quantitative estimate of drug-likeness (QED) is 0.819. The minimum atomic E-state index is -0.454. The van der Waals surface area contributed by atoms with Gasteiger partial charge in [0.1, 0.15) is 5.82 Å². The summed E-state index contributed by atoms with van der Waals surface area (Å²) in [6.07, 6.45) is 1.90. The van der Waals surface area contributed by atoms with E-state index in [1.54, 1.807) is 6.07 Å². The zero-order chi connectivity index (χ0) is 17.3. The molecule has 2 rings (SSSR count). The van der Waals surface area contributed by atoms with Crippen molar-refractivity contribution in [3.05, 3.63) is 40.6 Å². The summed E-state index contributed by atoms with van der Waals surface area (Å²) in [5.74, 6) is -0.293. The van der Waals surface area contributed by atoms with Crippen molar-refractivity contribution in [2.24, 2.45) is 5.73 Å². The van der Waals surface area contributed by atoms with Crippen LogP contribution in [0.5, 0.6) is 0 Å². The van der Waals surface area contributed by atoms with Crippen LogP contribution in [0.3, 0.4) is 0 Å². The van der Waals surface area contributed by atoms with Crippen LogP contribution >= 0.6 is 0 Å². The lowest BCUT2D eigenvalue weighted by Gasteiger charge is -2.32. The maximum absolute atomic E-state index is 13.9. The van der Waals surface area contributed by atoms with E-state index >= 15 is 0 Å². The second kappa shape index (κ2) is 6.73. The molecule has 1 fully saturated rings. The predicted octanol–water partition coefficient (Wildman–Crippen LogP) is 2.52. The van der Waals surface area contributed by atoms with Crippen LogP contribution in [0.2, 0.25) is 0 Å². The Morgan fingerprint density at radius 2 is 1.87 bits per heavy atom. The summed E-state index contributed by atoms with van der Waals surface area (Å²) in [4.78, 5) is 0. The van der Waals surface area contributed by atoms with E-state index in [0.29, 0.717) is 12.1 Å². The predicted molar refractivity (Wildman–Crippen MR) is 92.3 cm³/mol. The molecule has 1 aromatic carbocycles. The molecule has 0 aromatic heterocycles. The standard InChI is InChI=1S/C17H26BFN2O2/c1-16(2)17(3,4)23-18(22-16)14(11-21-5)8-12-6-7-13(10-20)15(19)9-12/h6-9,21H,10-11,20H2,1-5H3. The van der Waals surface area contributed by atoms with E-state index in [-0.39, 0.29) is 12.4 Å². The van der Waals surface area contributed by atoms with Gasteiger partial charge in [-0.3, -0.25) is 0 Å². The highest BCUT2D eigenvalue weighted by Crippen LogP contribution is 2.38. The summed E-state index contributed by atoms with van der Waals surface area (Å²) >= 11 is 0. The van der Waals surface area contributed by atoms with E-state index in [2.05, 4.69) is 5.32 Å². The minimum Gasteiger partial charge on any atom is -0.400 e. The van der Waals surface area contributed by atoms with E-state index in [1.165, 1.54) is 6.07 Å². The third kappa shape index (κ3) is 3.83. The van der Waals surface area contributed by atoms with Gasteiger partial charge in [-0.15, -0.1) is 0 Å². The minimum absolute atomic E-state index is 0.191. The van der Waals surface area contributed by atoms with Crippen molar-refractivity contribution in [2.75, 3.05) is 13.6 Å². The smallest absolute Gasteiger partial charge is 0.400 e. The molecule has 1 saturated heterocycles. The largest absolute Gasteiger partial charge is 0.491 e. The Labute approximate surface area is 138 Å². The van der Waals surface area contributed by atoms with Gasteiger partial charge >= 0.3 is 7.12 Å². The average Bonchev–Trinajstić information content (AvgIpc) is 2.67. The Bertz CT molecular complexity index is 586. The van der Waals surface area contributed by atoms with Crippen molar-refractivity contribution < 1.29 is 13.7 Å². The lowest BCUT2D eigenvalue weighted by molar-refractivity contribution is 0.00578. The van der Waals surface area contributed by atoms with Gasteiger partial charge in [-0.1, -0.05) is 18.2 Å². The van der Waals surface area contributed by atoms with Gasteiger partial charge in [0.25, 0.3) is 0 Å². The van der Waals surface area contributed by atoms with Crippen LogP contribution in [-0.4, -0.2) is 31.9 Å². The van der Waals surface area contributed by atoms with E-state index in [0.717, 1.165) is 11.0 Å². The molecule has 6 heteroatoms. The van der Waals surface area contributed by atoms with Gasteiger partial charge in [0.15, 0.2) is 0 Å². The normalized spacial score (nSPS) is 20.1. The van der Waals surface area contributed by atoms with Gasteiger partial charge < -0.3 is 20.4 Å². The maximum Gasteiger partial charge on any atom is 0.491 e. The zero-order valence-electron chi connectivity index (χ0n) is 14.6. The number of nitrogens with one attached hydrogen (secondary N) is 1. The van der Waals surface area contributed by atoms with E-state index in [4.69, 9.17) is 15.0 Å². The number of hydrogen-bond donors (Lipinski definition) is 2. The fraction of sp³-hybridized carbons (Fsp3) is 0.529. The van der Waals surface area contributed by atoms with Crippen LogP contribution in [0.15, 0.2) is 23.7 Å². The average molecular weight is 320 g/mol. The van der Waals surface area contributed by atoms with Crippen LogP contribution in [0, 0.1) is 5.82 Å². The van der Waals surface area contributed by atoms with Crippen molar-refractivity contribution >= 4 is 13.2 Å². The molecule has 0 atom stereocenters. The van der Waals surface area contributed by atoms with Crippen molar-refractivity contribution in [2.45, 2.75) is 45.4 Å². The van der Waals surface area contributed by atoms with Gasteiger partial charge in [0, 0.05) is 18.7 Å². The molecule has 1 heterocycles. The van der Waals surface area contributed by atoms with Gasteiger partial charge in [-0.25, -0.2) is 4.39 Å². The first-order chi connectivity index (χ1) is 10.7. The van der Waals surface area contributed by atoms with E-state index < -0.39 is 18.3 Å². The zero-order valence-corrected chi connectivity index (χ0v) is 14.6. The SMILES string of the molecule is CNCC(=Cc1ccc(CN)c(F)c1)B1OC(C)(C)C(C)(C)O1. The molecule has 1 aliphatic rings. The molecule has 0 bridgehead atoms.